The van der Waals surface area contributed by atoms with Crippen molar-refractivity contribution in [3.05, 3.63) is 46.2 Å². The normalized spacial score (nSPS) is 10.2. The number of carbonyl (C=O) groups excluding carboxylic acids is 1. The number of rotatable bonds is 6. The van der Waals surface area contributed by atoms with Crippen LogP contribution in [-0.4, -0.2) is 20.0 Å². The Labute approximate surface area is 116 Å². The van der Waals surface area contributed by atoms with Gasteiger partial charge in [-0.15, -0.1) is 11.3 Å². The number of ketones is 1. The van der Waals surface area contributed by atoms with Crippen molar-refractivity contribution in [2.45, 2.75) is 12.8 Å². The lowest BCUT2D eigenvalue weighted by Gasteiger charge is -2.09. The van der Waals surface area contributed by atoms with Gasteiger partial charge in [-0.3, -0.25) is 4.79 Å². The van der Waals surface area contributed by atoms with Crippen molar-refractivity contribution in [1.29, 1.82) is 0 Å². The van der Waals surface area contributed by atoms with Crippen molar-refractivity contribution in [2.24, 2.45) is 0 Å². The van der Waals surface area contributed by atoms with Crippen LogP contribution < -0.4 is 9.47 Å². The monoisotopic (exact) mass is 276 g/mol. The van der Waals surface area contributed by atoms with Crippen molar-refractivity contribution in [3.8, 4) is 11.5 Å². The lowest BCUT2D eigenvalue weighted by atomic mass is 10.0. The summed E-state index contributed by atoms with van der Waals surface area (Å²) < 4.78 is 10.4. The third-order valence-corrected chi connectivity index (χ3v) is 3.82. The molecule has 0 spiro atoms. The van der Waals surface area contributed by atoms with Crippen LogP contribution in [0.3, 0.4) is 0 Å². The summed E-state index contributed by atoms with van der Waals surface area (Å²) in [5.74, 6) is 1.33. The molecule has 2 rings (SSSR count). The fourth-order valence-electron chi connectivity index (χ4n) is 1.86. The minimum atomic E-state index is 0.0733. The average molecular weight is 276 g/mol. The van der Waals surface area contributed by atoms with E-state index in [0.717, 1.165) is 6.42 Å². The molecule has 0 bridgehead atoms. The number of hydrogen-bond acceptors (Lipinski definition) is 4. The highest BCUT2D eigenvalue weighted by atomic mass is 32.1. The highest BCUT2D eigenvalue weighted by molar-refractivity contribution is 7.09. The molecule has 0 aliphatic rings. The first-order valence-electron chi connectivity index (χ1n) is 6.02. The summed E-state index contributed by atoms with van der Waals surface area (Å²) in [4.78, 5) is 13.5. The molecule has 1 aromatic heterocycles. The number of benzene rings is 1. The van der Waals surface area contributed by atoms with Gasteiger partial charge in [-0.1, -0.05) is 6.07 Å². The molecule has 0 radical (unpaired) electrons. The maximum atomic E-state index is 12.3. The standard InChI is InChI=1S/C15H16O3S/c1-17-11-5-8-15(18-2)13(10-11)14(16)7-6-12-4-3-9-19-12/h3-5,8-10H,6-7H2,1-2H3. The van der Waals surface area contributed by atoms with Crippen LogP contribution in [0.4, 0.5) is 0 Å². The molecule has 2 aromatic rings. The molecule has 0 aliphatic carbocycles. The second kappa shape index (κ2) is 6.38. The predicted octanol–water partition coefficient (Wildman–Crippen LogP) is 3.58. The Bertz CT molecular complexity index is 547. The zero-order valence-electron chi connectivity index (χ0n) is 11.0. The SMILES string of the molecule is COc1ccc(OC)c(C(=O)CCc2cccs2)c1. The Balaban J connectivity index is 2.12. The molecule has 0 fully saturated rings. The van der Waals surface area contributed by atoms with Crippen LogP contribution in [0.5, 0.6) is 11.5 Å². The number of carbonyl (C=O) groups is 1. The number of hydrogen-bond donors (Lipinski definition) is 0. The van der Waals surface area contributed by atoms with Crippen LogP contribution in [0.15, 0.2) is 35.7 Å². The van der Waals surface area contributed by atoms with Gasteiger partial charge in [0.05, 0.1) is 19.8 Å². The molecule has 0 saturated heterocycles. The van der Waals surface area contributed by atoms with Crippen LogP contribution in [0.25, 0.3) is 0 Å². The molecule has 1 aromatic carbocycles. The van der Waals surface area contributed by atoms with Crippen molar-refractivity contribution < 1.29 is 14.3 Å². The Kier molecular flexibility index (Phi) is 4.58. The maximum absolute atomic E-state index is 12.3. The second-order valence-electron chi connectivity index (χ2n) is 4.07. The molecule has 0 unspecified atom stereocenters. The van der Waals surface area contributed by atoms with Crippen LogP contribution in [-0.2, 0) is 6.42 Å². The molecule has 0 saturated carbocycles. The summed E-state index contributed by atoms with van der Waals surface area (Å²) in [6.45, 7) is 0. The Morgan fingerprint density at radius 2 is 2.05 bits per heavy atom. The Hall–Kier alpha value is -1.81. The van der Waals surface area contributed by atoms with E-state index < -0.39 is 0 Å². The maximum Gasteiger partial charge on any atom is 0.167 e. The van der Waals surface area contributed by atoms with Gasteiger partial charge in [0, 0.05) is 11.3 Å². The summed E-state index contributed by atoms with van der Waals surface area (Å²) in [6.07, 6.45) is 1.24. The second-order valence-corrected chi connectivity index (χ2v) is 5.10. The molecule has 1 heterocycles. The zero-order valence-corrected chi connectivity index (χ0v) is 11.8. The van der Waals surface area contributed by atoms with E-state index in [1.165, 1.54) is 4.88 Å². The summed E-state index contributed by atoms with van der Waals surface area (Å²) in [5.41, 5.74) is 0.582. The van der Waals surface area contributed by atoms with Crippen LogP contribution in [0.1, 0.15) is 21.7 Å². The molecule has 0 atom stereocenters. The summed E-state index contributed by atoms with van der Waals surface area (Å²) in [6, 6.07) is 9.32. The first kappa shape index (κ1) is 13.6. The van der Waals surface area contributed by atoms with E-state index in [4.69, 9.17) is 9.47 Å². The zero-order chi connectivity index (χ0) is 13.7. The lowest BCUT2D eigenvalue weighted by molar-refractivity contribution is 0.0980. The number of thiophene rings is 1. The van der Waals surface area contributed by atoms with Gasteiger partial charge >= 0.3 is 0 Å². The van der Waals surface area contributed by atoms with Gasteiger partial charge < -0.3 is 9.47 Å². The van der Waals surface area contributed by atoms with E-state index in [-0.39, 0.29) is 5.78 Å². The fraction of sp³-hybridized carbons (Fsp3) is 0.267. The third kappa shape index (κ3) is 3.35. The molecule has 3 nitrogen and oxygen atoms in total. The van der Waals surface area contributed by atoms with E-state index in [9.17, 15) is 4.79 Å². The van der Waals surface area contributed by atoms with Crippen molar-refractivity contribution in [3.63, 3.8) is 0 Å². The first-order chi connectivity index (χ1) is 9.24. The lowest BCUT2D eigenvalue weighted by Crippen LogP contribution is -2.04. The van der Waals surface area contributed by atoms with E-state index in [1.54, 1.807) is 43.8 Å². The molecular formula is C15H16O3S. The molecule has 4 heteroatoms. The highest BCUT2D eigenvalue weighted by Crippen LogP contribution is 2.25. The van der Waals surface area contributed by atoms with Gasteiger partial charge in [0.1, 0.15) is 11.5 Å². The van der Waals surface area contributed by atoms with E-state index in [2.05, 4.69) is 0 Å². The van der Waals surface area contributed by atoms with E-state index >= 15 is 0 Å². The number of methoxy groups -OCH3 is 2. The molecule has 19 heavy (non-hydrogen) atoms. The number of aryl methyl sites for hydroxylation is 1. The van der Waals surface area contributed by atoms with Gasteiger partial charge in [-0.25, -0.2) is 0 Å². The molecule has 100 valence electrons. The minimum Gasteiger partial charge on any atom is -0.497 e. The summed E-state index contributed by atoms with van der Waals surface area (Å²) in [5, 5.41) is 2.02. The smallest absolute Gasteiger partial charge is 0.167 e. The third-order valence-electron chi connectivity index (χ3n) is 2.89. The molecule has 0 aliphatic heterocycles. The highest BCUT2D eigenvalue weighted by Gasteiger charge is 2.13. The minimum absolute atomic E-state index is 0.0733. The van der Waals surface area contributed by atoms with Crippen molar-refractivity contribution in [2.75, 3.05) is 14.2 Å². The molecule has 0 N–H and O–H groups in total. The van der Waals surface area contributed by atoms with Crippen LogP contribution in [0.2, 0.25) is 0 Å². The Morgan fingerprint density at radius 3 is 2.68 bits per heavy atom. The van der Waals surface area contributed by atoms with Gasteiger partial charge in [0.15, 0.2) is 5.78 Å². The predicted molar refractivity (Wildman–Crippen MR) is 76.5 cm³/mol. The van der Waals surface area contributed by atoms with Crippen molar-refractivity contribution >= 4 is 17.1 Å². The first-order valence-corrected chi connectivity index (χ1v) is 6.90. The number of Topliss-reactive ketones (excluding diaryl/α,β-unsaturated/α-hetero) is 1. The molecule has 0 amide bonds. The van der Waals surface area contributed by atoms with Gasteiger partial charge in [-0.05, 0) is 36.1 Å². The molecular weight excluding hydrogens is 260 g/mol. The van der Waals surface area contributed by atoms with Gasteiger partial charge in [-0.2, -0.15) is 0 Å². The quantitative estimate of drug-likeness (QED) is 0.756. The van der Waals surface area contributed by atoms with Gasteiger partial charge in [0.2, 0.25) is 0 Å². The average Bonchev–Trinajstić information content (AvgIpc) is 2.97. The summed E-state index contributed by atoms with van der Waals surface area (Å²) >= 11 is 1.67. The topological polar surface area (TPSA) is 35.5 Å². The largest absolute Gasteiger partial charge is 0.497 e. The number of ether oxygens (including phenoxy) is 2. The fourth-order valence-corrected chi connectivity index (χ4v) is 2.57. The Morgan fingerprint density at radius 1 is 1.21 bits per heavy atom. The van der Waals surface area contributed by atoms with Crippen LogP contribution >= 0.6 is 11.3 Å². The summed E-state index contributed by atoms with van der Waals surface area (Å²) in [7, 11) is 3.15. The van der Waals surface area contributed by atoms with E-state index in [1.807, 2.05) is 17.5 Å². The van der Waals surface area contributed by atoms with Crippen LogP contribution in [0, 0.1) is 0 Å². The van der Waals surface area contributed by atoms with E-state index in [0.29, 0.717) is 23.5 Å². The van der Waals surface area contributed by atoms with Crippen molar-refractivity contribution in [1.82, 2.24) is 0 Å². The van der Waals surface area contributed by atoms with Gasteiger partial charge in [0.25, 0.3) is 0 Å².